The van der Waals surface area contributed by atoms with Crippen molar-refractivity contribution in [3.8, 4) is 5.75 Å². The average molecular weight is 241 g/mol. The minimum absolute atomic E-state index is 0.166. The van der Waals surface area contributed by atoms with Crippen LogP contribution < -0.4 is 10.5 Å². The molecule has 1 aromatic carbocycles. The molecule has 0 fully saturated rings. The van der Waals surface area contributed by atoms with Crippen LogP contribution in [0.5, 0.6) is 5.75 Å². The van der Waals surface area contributed by atoms with Gasteiger partial charge in [0, 0.05) is 19.8 Å². The summed E-state index contributed by atoms with van der Waals surface area (Å²) >= 11 is 0. The maximum absolute atomic E-state index is 13.6. The lowest BCUT2D eigenvalue weighted by Crippen LogP contribution is -2.06. The molecule has 0 spiro atoms. The number of ether oxygens (including phenoxy) is 2. The van der Waals surface area contributed by atoms with Crippen molar-refractivity contribution in [2.75, 3.05) is 20.3 Å². The van der Waals surface area contributed by atoms with Gasteiger partial charge in [-0.05, 0) is 37.5 Å². The molecule has 3 nitrogen and oxygen atoms in total. The van der Waals surface area contributed by atoms with E-state index in [9.17, 15) is 4.39 Å². The Morgan fingerprint density at radius 1 is 1.29 bits per heavy atom. The van der Waals surface area contributed by atoms with Gasteiger partial charge >= 0.3 is 0 Å². The van der Waals surface area contributed by atoms with Crippen molar-refractivity contribution < 1.29 is 13.9 Å². The highest BCUT2D eigenvalue weighted by molar-refractivity contribution is 5.30. The summed E-state index contributed by atoms with van der Waals surface area (Å²) in [5, 5.41) is 0. The van der Waals surface area contributed by atoms with Crippen LogP contribution in [0.4, 0.5) is 4.39 Å². The predicted octanol–water partition coefficient (Wildman–Crippen LogP) is 2.65. The van der Waals surface area contributed by atoms with Gasteiger partial charge in [-0.25, -0.2) is 4.39 Å². The molecule has 4 heteroatoms. The fraction of sp³-hybridized carbons (Fsp3) is 0.538. The summed E-state index contributed by atoms with van der Waals surface area (Å²) in [6.07, 6.45) is 1.76. The van der Waals surface area contributed by atoms with Crippen molar-refractivity contribution in [3.05, 3.63) is 29.6 Å². The number of halogens is 1. The van der Waals surface area contributed by atoms with Gasteiger partial charge in [-0.2, -0.15) is 0 Å². The van der Waals surface area contributed by atoms with Crippen molar-refractivity contribution >= 4 is 0 Å². The number of rotatable bonds is 7. The van der Waals surface area contributed by atoms with Crippen molar-refractivity contribution in [1.29, 1.82) is 0 Å². The fourth-order valence-electron chi connectivity index (χ4n) is 1.45. The zero-order valence-corrected chi connectivity index (χ0v) is 10.4. The lowest BCUT2D eigenvalue weighted by molar-refractivity contribution is 0.183. The van der Waals surface area contributed by atoms with E-state index in [-0.39, 0.29) is 17.6 Å². The van der Waals surface area contributed by atoms with Crippen molar-refractivity contribution in [3.63, 3.8) is 0 Å². The Kier molecular flexibility index (Phi) is 5.94. The SMILES string of the molecule is COCCCCOc1ccc(C(C)N)cc1F. The molecule has 2 N–H and O–H groups in total. The third kappa shape index (κ3) is 4.71. The Balaban J connectivity index is 2.43. The minimum Gasteiger partial charge on any atom is -0.491 e. The molecule has 1 atom stereocenters. The van der Waals surface area contributed by atoms with Crippen molar-refractivity contribution in [1.82, 2.24) is 0 Å². The van der Waals surface area contributed by atoms with Gasteiger partial charge in [-0.3, -0.25) is 0 Å². The number of methoxy groups -OCH3 is 1. The Bertz CT molecular complexity index is 342. The first-order valence-electron chi connectivity index (χ1n) is 5.82. The molecule has 0 radical (unpaired) electrons. The maximum atomic E-state index is 13.6. The van der Waals surface area contributed by atoms with Crippen LogP contribution in [0.25, 0.3) is 0 Å². The average Bonchev–Trinajstić information content (AvgIpc) is 2.30. The first kappa shape index (κ1) is 13.9. The van der Waals surface area contributed by atoms with E-state index < -0.39 is 0 Å². The topological polar surface area (TPSA) is 44.5 Å². The van der Waals surface area contributed by atoms with Gasteiger partial charge in [0.05, 0.1) is 6.61 Å². The Labute approximate surface area is 102 Å². The van der Waals surface area contributed by atoms with Crippen LogP contribution in [0.3, 0.4) is 0 Å². The van der Waals surface area contributed by atoms with Gasteiger partial charge in [-0.15, -0.1) is 0 Å². The molecule has 1 aromatic rings. The summed E-state index contributed by atoms with van der Waals surface area (Å²) in [7, 11) is 1.66. The predicted molar refractivity (Wildman–Crippen MR) is 65.6 cm³/mol. The summed E-state index contributed by atoms with van der Waals surface area (Å²) in [4.78, 5) is 0. The summed E-state index contributed by atoms with van der Waals surface area (Å²) in [5.74, 6) is -0.0710. The molecule has 96 valence electrons. The Morgan fingerprint density at radius 3 is 2.59 bits per heavy atom. The minimum atomic E-state index is -0.355. The standard InChI is InChI=1S/C13H20FNO2/c1-10(15)11-5-6-13(12(14)9-11)17-8-4-3-7-16-2/h5-6,9-10H,3-4,7-8,15H2,1-2H3. The van der Waals surface area contributed by atoms with Gasteiger partial charge in [0.1, 0.15) is 0 Å². The molecule has 0 aromatic heterocycles. The maximum Gasteiger partial charge on any atom is 0.165 e. The van der Waals surface area contributed by atoms with Gasteiger partial charge in [0.25, 0.3) is 0 Å². The van der Waals surface area contributed by atoms with E-state index in [1.54, 1.807) is 19.2 Å². The first-order valence-corrected chi connectivity index (χ1v) is 5.82. The molecule has 0 bridgehead atoms. The number of benzene rings is 1. The summed E-state index contributed by atoms with van der Waals surface area (Å²) in [5.41, 5.74) is 6.44. The second-order valence-electron chi connectivity index (χ2n) is 4.03. The number of nitrogens with two attached hydrogens (primary N) is 1. The monoisotopic (exact) mass is 241 g/mol. The molecule has 0 aliphatic rings. The summed E-state index contributed by atoms with van der Waals surface area (Å²) in [6.45, 7) is 3.02. The number of hydrogen-bond acceptors (Lipinski definition) is 3. The van der Waals surface area contributed by atoms with E-state index in [2.05, 4.69) is 0 Å². The molecule has 0 heterocycles. The summed E-state index contributed by atoms with van der Waals surface area (Å²) < 4.78 is 23.8. The van der Waals surface area contributed by atoms with Crippen LogP contribution in [0.15, 0.2) is 18.2 Å². The molecular formula is C13H20FNO2. The zero-order valence-electron chi connectivity index (χ0n) is 10.4. The van der Waals surface area contributed by atoms with Crippen LogP contribution in [0.2, 0.25) is 0 Å². The molecular weight excluding hydrogens is 221 g/mol. The van der Waals surface area contributed by atoms with Crippen LogP contribution in [-0.4, -0.2) is 20.3 Å². The van der Waals surface area contributed by atoms with Crippen LogP contribution >= 0.6 is 0 Å². The van der Waals surface area contributed by atoms with E-state index in [1.807, 2.05) is 6.92 Å². The quantitative estimate of drug-likeness (QED) is 0.746. The van der Waals surface area contributed by atoms with Crippen LogP contribution in [0.1, 0.15) is 31.4 Å². The molecule has 1 unspecified atom stereocenters. The summed E-state index contributed by atoms with van der Waals surface area (Å²) in [6, 6.07) is 4.68. The molecule has 0 saturated carbocycles. The van der Waals surface area contributed by atoms with Gasteiger partial charge in [-0.1, -0.05) is 6.07 Å². The van der Waals surface area contributed by atoms with Crippen molar-refractivity contribution in [2.24, 2.45) is 5.73 Å². The normalized spacial score (nSPS) is 12.5. The third-order valence-electron chi connectivity index (χ3n) is 2.48. The van der Waals surface area contributed by atoms with Crippen LogP contribution in [-0.2, 0) is 4.74 Å². The lowest BCUT2D eigenvalue weighted by atomic mass is 10.1. The highest BCUT2D eigenvalue weighted by Crippen LogP contribution is 2.21. The van der Waals surface area contributed by atoms with E-state index in [0.717, 1.165) is 18.4 Å². The Hall–Kier alpha value is -1.13. The molecule has 0 amide bonds. The van der Waals surface area contributed by atoms with Gasteiger partial charge < -0.3 is 15.2 Å². The third-order valence-corrected chi connectivity index (χ3v) is 2.48. The smallest absolute Gasteiger partial charge is 0.165 e. The van der Waals surface area contributed by atoms with Crippen LogP contribution in [0, 0.1) is 5.82 Å². The molecule has 0 aliphatic carbocycles. The molecule has 17 heavy (non-hydrogen) atoms. The van der Waals surface area contributed by atoms with E-state index in [0.29, 0.717) is 13.2 Å². The largest absolute Gasteiger partial charge is 0.491 e. The van der Waals surface area contributed by atoms with E-state index in [1.165, 1.54) is 6.07 Å². The van der Waals surface area contributed by atoms with E-state index in [4.69, 9.17) is 15.2 Å². The second kappa shape index (κ2) is 7.25. The van der Waals surface area contributed by atoms with Gasteiger partial charge in [0.15, 0.2) is 11.6 Å². The number of hydrogen-bond donors (Lipinski definition) is 1. The molecule has 0 saturated heterocycles. The Morgan fingerprint density at radius 2 is 2.00 bits per heavy atom. The second-order valence-corrected chi connectivity index (χ2v) is 4.03. The van der Waals surface area contributed by atoms with Crippen molar-refractivity contribution in [2.45, 2.75) is 25.8 Å². The highest BCUT2D eigenvalue weighted by Gasteiger charge is 2.06. The lowest BCUT2D eigenvalue weighted by Gasteiger charge is -2.10. The first-order chi connectivity index (χ1) is 8.15. The highest BCUT2D eigenvalue weighted by atomic mass is 19.1. The molecule has 1 rings (SSSR count). The fourth-order valence-corrected chi connectivity index (χ4v) is 1.45. The number of unbranched alkanes of at least 4 members (excludes halogenated alkanes) is 1. The van der Waals surface area contributed by atoms with Gasteiger partial charge in [0.2, 0.25) is 0 Å². The molecule has 0 aliphatic heterocycles. The van der Waals surface area contributed by atoms with E-state index >= 15 is 0 Å². The zero-order chi connectivity index (χ0) is 12.7.